The minimum absolute atomic E-state index is 0.414. The molecule has 0 spiro atoms. The highest BCUT2D eigenvalue weighted by molar-refractivity contribution is 5.83. The molecule has 3 rings (SSSR count). The number of rotatable bonds is 6. The van der Waals surface area contributed by atoms with Crippen molar-refractivity contribution < 1.29 is 14.3 Å². The Hall–Kier alpha value is -2.26. The molecule has 0 saturated heterocycles. The molecule has 1 aromatic heterocycles. The van der Waals surface area contributed by atoms with Crippen molar-refractivity contribution in [1.29, 1.82) is 0 Å². The van der Waals surface area contributed by atoms with E-state index < -0.39 is 6.10 Å². The van der Waals surface area contributed by atoms with Gasteiger partial charge in [0.25, 0.3) is 0 Å². The molecule has 0 radical (unpaired) electrons. The fourth-order valence-corrected chi connectivity index (χ4v) is 2.92. The fourth-order valence-electron chi connectivity index (χ4n) is 2.92. The van der Waals surface area contributed by atoms with Crippen LogP contribution in [0.25, 0.3) is 11.0 Å². The van der Waals surface area contributed by atoms with Gasteiger partial charge in [0.2, 0.25) is 0 Å². The Bertz CT molecular complexity index is 803. The summed E-state index contributed by atoms with van der Waals surface area (Å²) in [6, 6.07) is 15.9. The zero-order valence-electron chi connectivity index (χ0n) is 14.5. The van der Waals surface area contributed by atoms with Gasteiger partial charge < -0.3 is 14.3 Å². The van der Waals surface area contributed by atoms with Gasteiger partial charge in [0, 0.05) is 10.9 Å². The van der Waals surface area contributed by atoms with Crippen molar-refractivity contribution in [2.24, 2.45) is 5.92 Å². The topological polar surface area (TPSA) is 42.6 Å². The minimum Gasteiger partial charge on any atom is -0.489 e. The molecular weight excluding hydrogens is 300 g/mol. The lowest BCUT2D eigenvalue weighted by molar-refractivity contribution is 0.127. The van der Waals surface area contributed by atoms with E-state index in [1.165, 1.54) is 0 Å². The van der Waals surface area contributed by atoms with Gasteiger partial charge in [0.15, 0.2) is 0 Å². The second-order valence-electron chi connectivity index (χ2n) is 6.67. The summed E-state index contributed by atoms with van der Waals surface area (Å²) in [5, 5.41) is 11.4. The molecular formula is C21H24O3. The lowest BCUT2D eigenvalue weighted by atomic mass is 10.0. The highest BCUT2D eigenvalue weighted by Crippen LogP contribution is 2.34. The van der Waals surface area contributed by atoms with Crippen LogP contribution >= 0.6 is 0 Å². The van der Waals surface area contributed by atoms with Gasteiger partial charge in [-0.3, -0.25) is 0 Å². The average molecular weight is 324 g/mol. The molecule has 1 atom stereocenters. The molecule has 0 saturated carbocycles. The van der Waals surface area contributed by atoms with E-state index in [0.717, 1.165) is 27.8 Å². The van der Waals surface area contributed by atoms with Gasteiger partial charge in [-0.15, -0.1) is 0 Å². The smallest absolute Gasteiger partial charge is 0.136 e. The van der Waals surface area contributed by atoms with E-state index in [4.69, 9.17) is 9.15 Å². The summed E-state index contributed by atoms with van der Waals surface area (Å²) in [7, 11) is 0. The van der Waals surface area contributed by atoms with Crippen LogP contribution in [0, 0.1) is 12.8 Å². The summed E-state index contributed by atoms with van der Waals surface area (Å²) in [5.41, 5.74) is 2.91. The first kappa shape index (κ1) is 16.6. The second kappa shape index (κ2) is 7.10. The zero-order chi connectivity index (χ0) is 17.1. The van der Waals surface area contributed by atoms with E-state index in [1.54, 1.807) is 0 Å². The van der Waals surface area contributed by atoms with Crippen LogP contribution in [0.3, 0.4) is 0 Å². The number of aryl methyl sites for hydroxylation is 1. The third kappa shape index (κ3) is 3.62. The van der Waals surface area contributed by atoms with Gasteiger partial charge in [-0.05, 0) is 43.0 Å². The van der Waals surface area contributed by atoms with Crippen molar-refractivity contribution in [1.82, 2.24) is 0 Å². The summed E-state index contributed by atoms with van der Waals surface area (Å²) in [4.78, 5) is 0. The molecule has 3 heteroatoms. The van der Waals surface area contributed by atoms with E-state index in [1.807, 2.05) is 55.5 Å². The van der Waals surface area contributed by atoms with Crippen molar-refractivity contribution in [3.63, 3.8) is 0 Å². The summed E-state index contributed by atoms with van der Waals surface area (Å²) in [6.45, 7) is 6.71. The highest BCUT2D eigenvalue weighted by Gasteiger charge is 2.19. The molecule has 3 aromatic rings. The van der Waals surface area contributed by atoms with Crippen LogP contribution < -0.4 is 4.74 Å². The lowest BCUT2D eigenvalue weighted by Crippen LogP contribution is -2.01. The Morgan fingerprint density at radius 2 is 1.83 bits per heavy atom. The number of furan rings is 1. The molecule has 1 heterocycles. The van der Waals surface area contributed by atoms with Crippen LogP contribution in [0.4, 0.5) is 0 Å². The van der Waals surface area contributed by atoms with Gasteiger partial charge in [-0.2, -0.15) is 0 Å². The molecule has 0 bridgehead atoms. The maximum absolute atomic E-state index is 10.4. The third-order valence-electron chi connectivity index (χ3n) is 4.19. The first-order chi connectivity index (χ1) is 11.5. The average Bonchev–Trinajstić information content (AvgIpc) is 2.90. The molecule has 1 unspecified atom stereocenters. The number of aliphatic hydroxyl groups excluding tert-OH is 1. The standard InChI is InChI=1S/C21H24O3/c1-14(2)11-19(22)21-15(3)18-12-17(9-10-20(18)24-21)23-13-16-7-5-4-6-8-16/h4-10,12,14,19,22H,11,13H2,1-3H3. The largest absolute Gasteiger partial charge is 0.489 e. The fraction of sp³-hybridized carbons (Fsp3) is 0.333. The van der Waals surface area contributed by atoms with Crippen molar-refractivity contribution in [2.45, 2.75) is 39.9 Å². The first-order valence-corrected chi connectivity index (χ1v) is 8.42. The number of fused-ring (bicyclic) bond motifs is 1. The zero-order valence-corrected chi connectivity index (χ0v) is 14.5. The number of hydrogen-bond acceptors (Lipinski definition) is 3. The second-order valence-corrected chi connectivity index (χ2v) is 6.67. The Kier molecular flexibility index (Phi) is 4.91. The molecule has 126 valence electrons. The molecule has 2 aromatic carbocycles. The highest BCUT2D eigenvalue weighted by atomic mass is 16.5. The van der Waals surface area contributed by atoms with Crippen molar-refractivity contribution in [3.8, 4) is 5.75 Å². The number of benzene rings is 2. The van der Waals surface area contributed by atoms with Crippen LogP contribution in [0.1, 0.15) is 43.3 Å². The Morgan fingerprint density at radius 3 is 2.54 bits per heavy atom. The lowest BCUT2D eigenvalue weighted by Gasteiger charge is -2.11. The Labute approximate surface area is 142 Å². The normalized spacial score (nSPS) is 12.7. The Balaban J connectivity index is 1.81. The quantitative estimate of drug-likeness (QED) is 0.660. The van der Waals surface area contributed by atoms with E-state index in [9.17, 15) is 5.11 Å². The van der Waals surface area contributed by atoms with Crippen LogP contribution in [0.15, 0.2) is 52.9 Å². The number of aliphatic hydroxyl groups is 1. The van der Waals surface area contributed by atoms with E-state index in [0.29, 0.717) is 24.7 Å². The number of ether oxygens (including phenoxy) is 1. The first-order valence-electron chi connectivity index (χ1n) is 8.42. The molecule has 24 heavy (non-hydrogen) atoms. The molecule has 0 aliphatic carbocycles. The van der Waals surface area contributed by atoms with Gasteiger partial charge in [-0.1, -0.05) is 44.2 Å². The maximum Gasteiger partial charge on any atom is 0.136 e. The van der Waals surface area contributed by atoms with E-state index in [-0.39, 0.29) is 0 Å². The monoisotopic (exact) mass is 324 g/mol. The minimum atomic E-state index is -0.564. The SMILES string of the molecule is Cc1c(C(O)CC(C)C)oc2ccc(OCc3ccccc3)cc12. The van der Waals surface area contributed by atoms with Crippen LogP contribution in [0.2, 0.25) is 0 Å². The molecule has 1 N–H and O–H groups in total. The van der Waals surface area contributed by atoms with E-state index in [2.05, 4.69) is 13.8 Å². The number of hydrogen-bond donors (Lipinski definition) is 1. The van der Waals surface area contributed by atoms with Gasteiger partial charge >= 0.3 is 0 Å². The summed E-state index contributed by atoms with van der Waals surface area (Å²) in [5.74, 6) is 1.89. The predicted octanol–water partition coefficient (Wildman–Crippen LogP) is 5.40. The van der Waals surface area contributed by atoms with Crippen molar-refractivity contribution in [2.75, 3.05) is 0 Å². The molecule has 3 nitrogen and oxygen atoms in total. The van der Waals surface area contributed by atoms with E-state index >= 15 is 0 Å². The molecule has 0 amide bonds. The van der Waals surface area contributed by atoms with Crippen LogP contribution in [-0.4, -0.2) is 5.11 Å². The Morgan fingerprint density at radius 1 is 1.08 bits per heavy atom. The van der Waals surface area contributed by atoms with Crippen molar-refractivity contribution in [3.05, 3.63) is 65.4 Å². The predicted molar refractivity (Wildman–Crippen MR) is 96.1 cm³/mol. The van der Waals surface area contributed by atoms with Crippen LogP contribution in [-0.2, 0) is 6.61 Å². The summed E-state index contributed by atoms with van der Waals surface area (Å²) in [6.07, 6.45) is 0.129. The summed E-state index contributed by atoms with van der Waals surface area (Å²) >= 11 is 0. The summed E-state index contributed by atoms with van der Waals surface area (Å²) < 4.78 is 11.8. The van der Waals surface area contributed by atoms with Gasteiger partial charge in [-0.25, -0.2) is 0 Å². The molecule has 0 aliphatic heterocycles. The molecule has 0 fully saturated rings. The van der Waals surface area contributed by atoms with Crippen molar-refractivity contribution >= 4 is 11.0 Å². The van der Waals surface area contributed by atoms with Gasteiger partial charge in [0.05, 0.1) is 0 Å². The maximum atomic E-state index is 10.4. The van der Waals surface area contributed by atoms with Crippen LogP contribution in [0.5, 0.6) is 5.75 Å². The van der Waals surface area contributed by atoms with Gasteiger partial charge in [0.1, 0.15) is 29.8 Å². The molecule has 0 aliphatic rings. The third-order valence-corrected chi connectivity index (χ3v) is 4.19.